The number of aromatic nitrogens is 3. The number of nitrogens with one attached hydrogen (secondary N) is 2. The predicted molar refractivity (Wildman–Crippen MR) is 129 cm³/mol. The van der Waals surface area contributed by atoms with Crippen molar-refractivity contribution in [2.75, 3.05) is 5.32 Å². The molecular formula is C24H16BrClN4O2. The standard InChI is InChI=1S/C24H16BrClN4O2/c1-13-10-15(4-8-19(13)25)23(31)28-17-6-2-14(3-7-17)22-18(12-27-30-22)24-29-20-11-16(26)5-9-21(20)32-24/h2-12H,1H3,(H,27,30)(H,28,31). The monoisotopic (exact) mass is 506 g/mol. The molecule has 0 bridgehead atoms. The molecule has 0 saturated carbocycles. The van der Waals surface area contributed by atoms with Crippen LogP contribution in [0.15, 0.2) is 75.8 Å². The number of hydrogen-bond donors (Lipinski definition) is 2. The summed E-state index contributed by atoms with van der Waals surface area (Å²) in [6.45, 7) is 1.95. The lowest BCUT2D eigenvalue weighted by atomic mass is 10.1. The van der Waals surface area contributed by atoms with Gasteiger partial charge in [0.2, 0.25) is 5.89 Å². The molecule has 2 heterocycles. The van der Waals surface area contributed by atoms with Gasteiger partial charge in [-0.05, 0) is 61.0 Å². The number of H-pyrrole nitrogens is 1. The van der Waals surface area contributed by atoms with Gasteiger partial charge in [-0.2, -0.15) is 5.10 Å². The topological polar surface area (TPSA) is 83.8 Å². The van der Waals surface area contributed by atoms with Gasteiger partial charge in [-0.15, -0.1) is 0 Å². The zero-order chi connectivity index (χ0) is 22.2. The van der Waals surface area contributed by atoms with E-state index in [-0.39, 0.29) is 5.91 Å². The van der Waals surface area contributed by atoms with Crippen LogP contribution in [0.1, 0.15) is 15.9 Å². The van der Waals surface area contributed by atoms with Crippen LogP contribution in [0.3, 0.4) is 0 Å². The average Bonchev–Trinajstić information content (AvgIpc) is 3.42. The van der Waals surface area contributed by atoms with Crippen LogP contribution >= 0.6 is 27.5 Å². The zero-order valence-electron chi connectivity index (χ0n) is 16.8. The number of nitrogens with zero attached hydrogens (tertiary/aromatic N) is 2. The van der Waals surface area contributed by atoms with E-state index in [4.69, 9.17) is 16.0 Å². The molecule has 5 rings (SSSR count). The Morgan fingerprint density at radius 3 is 2.69 bits per heavy atom. The summed E-state index contributed by atoms with van der Waals surface area (Å²) in [5, 5.41) is 10.7. The van der Waals surface area contributed by atoms with Crippen LogP contribution in [0.5, 0.6) is 0 Å². The number of rotatable bonds is 4. The first-order chi connectivity index (χ1) is 15.5. The van der Waals surface area contributed by atoms with E-state index < -0.39 is 0 Å². The molecule has 0 radical (unpaired) electrons. The molecule has 0 atom stereocenters. The minimum Gasteiger partial charge on any atom is -0.436 e. The van der Waals surface area contributed by atoms with Crippen LogP contribution in [0.2, 0.25) is 5.02 Å². The third-order valence-corrected chi connectivity index (χ3v) is 6.20. The Kier molecular flexibility index (Phi) is 5.28. The van der Waals surface area contributed by atoms with Gasteiger partial charge in [0.15, 0.2) is 5.58 Å². The van der Waals surface area contributed by atoms with Gasteiger partial charge in [-0.25, -0.2) is 4.98 Å². The third-order valence-electron chi connectivity index (χ3n) is 5.07. The van der Waals surface area contributed by atoms with Gasteiger partial charge >= 0.3 is 0 Å². The summed E-state index contributed by atoms with van der Waals surface area (Å²) < 4.78 is 6.85. The number of amides is 1. The van der Waals surface area contributed by atoms with Crippen molar-refractivity contribution < 1.29 is 9.21 Å². The molecule has 0 aliphatic carbocycles. The lowest BCUT2D eigenvalue weighted by Gasteiger charge is -2.08. The number of benzene rings is 3. The van der Waals surface area contributed by atoms with E-state index in [2.05, 4.69) is 36.4 Å². The van der Waals surface area contributed by atoms with E-state index in [9.17, 15) is 4.79 Å². The molecule has 158 valence electrons. The Labute approximate surface area is 196 Å². The van der Waals surface area contributed by atoms with Crippen LogP contribution < -0.4 is 5.32 Å². The molecule has 0 unspecified atom stereocenters. The number of fused-ring (bicyclic) bond motifs is 1. The maximum Gasteiger partial charge on any atom is 0.255 e. The predicted octanol–water partition coefficient (Wildman–Crippen LogP) is 6.86. The number of aryl methyl sites for hydroxylation is 1. The molecular weight excluding hydrogens is 492 g/mol. The maximum atomic E-state index is 12.6. The highest BCUT2D eigenvalue weighted by Gasteiger charge is 2.16. The Morgan fingerprint density at radius 2 is 1.91 bits per heavy atom. The van der Waals surface area contributed by atoms with Gasteiger partial charge in [0.05, 0.1) is 17.5 Å². The van der Waals surface area contributed by atoms with E-state index >= 15 is 0 Å². The summed E-state index contributed by atoms with van der Waals surface area (Å²) in [6, 6.07) is 18.3. The second-order valence-electron chi connectivity index (χ2n) is 7.29. The van der Waals surface area contributed by atoms with Gasteiger partial charge < -0.3 is 9.73 Å². The van der Waals surface area contributed by atoms with Gasteiger partial charge in [0.25, 0.3) is 5.91 Å². The number of halogens is 2. The summed E-state index contributed by atoms with van der Waals surface area (Å²) in [6.07, 6.45) is 1.67. The van der Waals surface area contributed by atoms with Crippen molar-refractivity contribution >= 4 is 50.2 Å². The van der Waals surface area contributed by atoms with Crippen molar-refractivity contribution in [3.8, 4) is 22.7 Å². The number of anilines is 1. The van der Waals surface area contributed by atoms with Crippen molar-refractivity contribution in [1.29, 1.82) is 0 Å². The highest BCUT2D eigenvalue weighted by Crippen LogP contribution is 2.33. The summed E-state index contributed by atoms with van der Waals surface area (Å²) in [4.78, 5) is 17.1. The summed E-state index contributed by atoms with van der Waals surface area (Å²) in [7, 11) is 0. The van der Waals surface area contributed by atoms with Crippen molar-refractivity contribution in [1.82, 2.24) is 15.2 Å². The fraction of sp³-hybridized carbons (Fsp3) is 0.0417. The molecule has 2 aromatic heterocycles. The summed E-state index contributed by atoms with van der Waals surface area (Å²) in [5.41, 5.74) is 6.01. The van der Waals surface area contributed by atoms with Gasteiger partial charge in [0, 0.05) is 26.3 Å². The molecule has 1 amide bonds. The molecule has 0 aliphatic heterocycles. The third kappa shape index (κ3) is 3.92. The largest absolute Gasteiger partial charge is 0.436 e. The van der Waals surface area contributed by atoms with Gasteiger partial charge in [-0.3, -0.25) is 9.89 Å². The van der Waals surface area contributed by atoms with Crippen LogP contribution in [-0.4, -0.2) is 21.1 Å². The van der Waals surface area contributed by atoms with Crippen LogP contribution in [0.4, 0.5) is 5.69 Å². The molecule has 0 fully saturated rings. The second kappa shape index (κ2) is 8.26. The van der Waals surface area contributed by atoms with Crippen LogP contribution in [0.25, 0.3) is 33.8 Å². The molecule has 2 N–H and O–H groups in total. The molecule has 0 saturated heterocycles. The number of carbonyl (C=O) groups excluding carboxylic acids is 1. The van der Waals surface area contributed by atoms with E-state index in [1.54, 1.807) is 30.5 Å². The molecule has 0 aliphatic rings. The summed E-state index contributed by atoms with van der Waals surface area (Å²) >= 11 is 9.50. The van der Waals surface area contributed by atoms with Crippen molar-refractivity contribution in [2.24, 2.45) is 0 Å². The average molecular weight is 508 g/mol. The smallest absolute Gasteiger partial charge is 0.255 e. The fourth-order valence-electron chi connectivity index (χ4n) is 3.39. The highest BCUT2D eigenvalue weighted by atomic mass is 79.9. The lowest BCUT2D eigenvalue weighted by molar-refractivity contribution is 0.102. The number of oxazole rings is 1. The first-order valence-electron chi connectivity index (χ1n) is 9.76. The molecule has 8 heteroatoms. The minimum atomic E-state index is -0.166. The van der Waals surface area contributed by atoms with Crippen molar-refractivity contribution in [2.45, 2.75) is 6.92 Å². The first-order valence-corrected chi connectivity index (χ1v) is 10.9. The fourth-order valence-corrected chi connectivity index (χ4v) is 3.81. The number of hydrogen-bond acceptors (Lipinski definition) is 4. The normalized spacial score (nSPS) is 11.1. The minimum absolute atomic E-state index is 0.166. The van der Waals surface area contributed by atoms with E-state index in [1.165, 1.54) is 0 Å². The van der Waals surface area contributed by atoms with Gasteiger partial charge in [-0.1, -0.05) is 39.7 Å². The van der Waals surface area contributed by atoms with E-state index in [0.717, 1.165) is 26.9 Å². The van der Waals surface area contributed by atoms with E-state index in [1.807, 2.05) is 43.3 Å². The number of carbonyl (C=O) groups is 1. The van der Waals surface area contributed by atoms with E-state index in [0.29, 0.717) is 33.3 Å². The Hall–Kier alpha value is -3.42. The van der Waals surface area contributed by atoms with Crippen molar-refractivity contribution in [3.63, 3.8) is 0 Å². The first kappa shape index (κ1) is 20.5. The number of aromatic amines is 1. The Balaban J connectivity index is 1.39. The zero-order valence-corrected chi connectivity index (χ0v) is 19.2. The quantitative estimate of drug-likeness (QED) is 0.278. The highest BCUT2D eigenvalue weighted by molar-refractivity contribution is 9.10. The second-order valence-corrected chi connectivity index (χ2v) is 8.58. The Morgan fingerprint density at radius 1 is 1.09 bits per heavy atom. The van der Waals surface area contributed by atoms with Crippen LogP contribution in [-0.2, 0) is 0 Å². The molecule has 3 aromatic carbocycles. The van der Waals surface area contributed by atoms with Crippen molar-refractivity contribution in [3.05, 3.63) is 87.5 Å². The maximum absolute atomic E-state index is 12.6. The van der Waals surface area contributed by atoms with Crippen LogP contribution in [0, 0.1) is 6.92 Å². The SMILES string of the molecule is Cc1cc(C(=O)Nc2ccc(-c3[nH]ncc3-c3nc4cc(Cl)ccc4o3)cc2)ccc1Br. The van der Waals surface area contributed by atoms with Gasteiger partial charge in [0.1, 0.15) is 5.52 Å². The molecule has 0 spiro atoms. The lowest BCUT2D eigenvalue weighted by Crippen LogP contribution is -2.11. The summed E-state index contributed by atoms with van der Waals surface area (Å²) in [5.74, 6) is 0.287. The molecule has 5 aromatic rings. The molecule has 6 nitrogen and oxygen atoms in total. The Bertz CT molecular complexity index is 1460. The molecule has 32 heavy (non-hydrogen) atoms.